The largest absolute Gasteiger partial charge is 0.462 e. The van der Waals surface area contributed by atoms with Gasteiger partial charge in [0.05, 0.1) is 4.58 Å². The molecule has 0 aromatic carbocycles. The van der Waals surface area contributed by atoms with Crippen molar-refractivity contribution in [2.75, 3.05) is 47.2 Å². The fourth-order valence-electron chi connectivity index (χ4n) is 7.34. The zero-order chi connectivity index (χ0) is 42.2. The van der Waals surface area contributed by atoms with Gasteiger partial charge in [-0.2, -0.15) is 0 Å². The number of nitrogens with one attached hydrogen (secondary N) is 2. The minimum atomic E-state index is -1.44. The number of thioether (sulfide) groups is 2. The van der Waals surface area contributed by atoms with Crippen LogP contribution in [-0.2, 0) is 47.8 Å². The van der Waals surface area contributed by atoms with Crippen LogP contribution in [0.3, 0.4) is 0 Å². The smallest absolute Gasteiger partial charge is 0.332 e. The maximum atomic E-state index is 15.0. The summed E-state index contributed by atoms with van der Waals surface area (Å²) in [5.41, 5.74) is 9.36. The Morgan fingerprint density at radius 3 is 1.55 bits per heavy atom. The first-order chi connectivity index (χ1) is 26.1. The lowest BCUT2D eigenvalue weighted by Crippen LogP contribution is -2.61. The van der Waals surface area contributed by atoms with Gasteiger partial charge in [0.2, 0.25) is 35.4 Å². The maximum Gasteiger partial charge on any atom is 0.332 e. The molecule has 0 unspecified atom stereocenters. The van der Waals surface area contributed by atoms with Crippen LogP contribution in [0.4, 0.5) is 0 Å². The molecule has 2 bridgehead atoms. The van der Waals surface area contributed by atoms with Gasteiger partial charge >= 0.3 is 11.9 Å². The van der Waals surface area contributed by atoms with Crippen molar-refractivity contribution in [2.45, 2.75) is 118 Å². The SMILES string of the molecule is CC[C@@H](C)S[C@H]1SC[C@H]2C(=O)N(C)[C@]3(C[C@@H]3C)C(=O)OC[C@@H](N)C(=O)N[C@@H](C)C(=O)N(C)[C@@H]1C(=O)N(C)[C@]1(C[C@@H]1C)C(=O)OC[C@@H](N)C(=O)N[C@@H](C)C(=O)N2C. The monoisotopic (exact) mass is 826 g/mol. The van der Waals surface area contributed by atoms with Gasteiger partial charge in [-0.3, -0.25) is 28.8 Å². The van der Waals surface area contributed by atoms with Crippen LogP contribution in [0, 0.1) is 11.8 Å². The van der Waals surface area contributed by atoms with E-state index in [0.717, 1.165) is 0 Å². The highest BCUT2D eigenvalue weighted by Gasteiger charge is 2.65. The molecule has 0 aromatic heterocycles. The zero-order valence-electron chi connectivity index (χ0n) is 33.9. The van der Waals surface area contributed by atoms with Gasteiger partial charge in [-0.05, 0) is 44.9 Å². The van der Waals surface area contributed by atoms with Gasteiger partial charge < -0.3 is 51.2 Å². The molecule has 56 heavy (non-hydrogen) atoms. The van der Waals surface area contributed by atoms with Gasteiger partial charge in [0.1, 0.15) is 60.5 Å². The topological polar surface area (TPSA) is 244 Å². The van der Waals surface area contributed by atoms with Gasteiger partial charge in [-0.25, -0.2) is 9.59 Å². The molecule has 18 nitrogen and oxygen atoms in total. The lowest BCUT2D eigenvalue weighted by molar-refractivity contribution is -0.160. The number of ether oxygens (including phenoxy) is 2. The number of esters is 2. The maximum absolute atomic E-state index is 15.0. The molecule has 12 atom stereocenters. The first-order valence-corrected chi connectivity index (χ1v) is 20.9. The number of cyclic esters (lactones) is 2. The molecule has 2 saturated carbocycles. The van der Waals surface area contributed by atoms with Crippen LogP contribution in [0.25, 0.3) is 0 Å². The van der Waals surface area contributed by atoms with Crippen molar-refractivity contribution in [1.29, 1.82) is 0 Å². The highest BCUT2D eigenvalue weighted by Crippen LogP contribution is 2.51. The van der Waals surface area contributed by atoms with E-state index in [1.165, 1.54) is 85.2 Å². The van der Waals surface area contributed by atoms with Gasteiger partial charge in [0, 0.05) is 39.2 Å². The van der Waals surface area contributed by atoms with Crippen LogP contribution in [0.2, 0.25) is 0 Å². The molecule has 4 fully saturated rings. The second kappa shape index (κ2) is 17.5. The molecule has 2 spiro atoms. The second-order valence-electron chi connectivity index (χ2n) is 15.6. The third-order valence-electron chi connectivity index (χ3n) is 11.8. The predicted molar refractivity (Wildman–Crippen MR) is 208 cm³/mol. The highest BCUT2D eigenvalue weighted by molar-refractivity contribution is 8.17. The van der Waals surface area contributed by atoms with E-state index >= 15 is 0 Å². The van der Waals surface area contributed by atoms with Crippen LogP contribution in [-0.4, -0.2) is 171 Å². The van der Waals surface area contributed by atoms with Crippen molar-refractivity contribution in [3.05, 3.63) is 0 Å². The van der Waals surface area contributed by atoms with Crippen molar-refractivity contribution >= 4 is 70.9 Å². The van der Waals surface area contributed by atoms with E-state index in [-0.39, 0.29) is 35.7 Å². The number of fused-ring (bicyclic) bond motifs is 4. The average Bonchev–Trinajstić information content (AvgIpc) is 4.06. The lowest BCUT2D eigenvalue weighted by Gasteiger charge is -2.40. The summed E-state index contributed by atoms with van der Waals surface area (Å²) >= 11 is 2.55. The van der Waals surface area contributed by atoms with Crippen LogP contribution < -0.4 is 22.1 Å². The fourth-order valence-corrected chi connectivity index (χ4v) is 10.8. The minimum Gasteiger partial charge on any atom is -0.462 e. The standard InChI is InChI=1S/C36H58N8O10S2/c1-11-19(4)56-32-25-31(50)44(10)36(13-18(36)3)34(52)54-15-22(37)26(45)39-20(5)28(47)41(7)24(16-55-32)30(49)43(9)35(12-17(35)2)33(51)53-14-23(38)27(46)40-21(6)29(48)42(25)8/h17-25,32H,11-16,37-38H2,1-10H3,(H,39,45)(H,40,46)/t17-,18-,19+,20-,21-,22+,23+,24-,25+,32+,35-,36-/m0/s1. The minimum absolute atomic E-state index is 0.0769. The Hall–Kier alpha value is -3.62. The quantitative estimate of drug-likeness (QED) is 0.237. The molecule has 4 rings (SSSR count). The Kier molecular flexibility index (Phi) is 14.1. The summed E-state index contributed by atoms with van der Waals surface area (Å²) in [6, 6.07) is -7.68. The third kappa shape index (κ3) is 8.62. The number of nitrogens with zero attached hydrogens (tertiary/aromatic N) is 4. The van der Waals surface area contributed by atoms with Crippen molar-refractivity contribution in [3.63, 3.8) is 0 Å². The number of carbonyl (C=O) groups excluding carboxylic acids is 8. The van der Waals surface area contributed by atoms with Crippen LogP contribution >= 0.6 is 23.5 Å². The van der Waals surface area contributed by atoms with E-state index in [1.807, 2.05) is 13.8 Å². The molecule has 6 N–H and O–H groups in total. The molecule has 2 heterocycles. The van der Waals surface area contributed by atoms with Crippen LogP contribution in [0.15, 0.2) is 0 Å². The second-order valence-corrected chi connectivity index (χ2v) is 18.7. The number of nitrogens with two attached hydrogens (primary N) is 2. The molecule has 2 saturated heterocycles. The van der Waals surface area contributed by atoms with Gasteiger partial charge in [0.25, 0.3) is 0 Å². The number of hydrogen-bond acceptors (Lipinski definition) is 14. The Labute approximate surface area is 336 Å². The first kappa shape index (κ1) is 45.1. The molecular weight excluding hydrogens is 769 g/mol. The van der Waals surface area contributed by atoms with E-state index < -0.39 is 113 Å². The molecule has 314 valence electrons. The summed E-state index contributed by atoms with van der Waals surface area (Å²) in [4.78, 5) is 117. The molecular formula is C36H58N8O10S2. The highest BCUT2D eigenvalue weighted by atomic mass is 32.2. The van der Waals surface area contributed by atoms with E-state index in [1.54, 1.807) is 13.8 Å². The third-order valence-corrected chi connectivity index (χ3v) is 14.9. The predicted octanol–water partition coefficient (Wildman–Crippen LogP) is -1.52. The summed E-state index contributed by atoms with van der Waals surface area (Å²) in [5, 5.41) is 5.05. The molecule has 6 amide bonds. The molecule has 2 aliphatic carbocycles. The van der Waals surface area contributed by atoms with Gasteiger partial charge in [-0.15, -0.1) is 23.5 Å². The van der Waals surface area contributed by atoms with Gasteiger partial charge in [0.15, 0.2) is 0 Å². The van der Waals surface area contributed by atoms with Crippen LogP contribution in [0.1, 0.15) is 60.8 Å². The molecule has 20 heteroatoms. The molecule has 0 radical (unpaired) electrons. The summed E-state index contributed by atoms with van der Waals surface area (Å²) < 4.78 is 10.3. The Balaban J connectivity index is 1.94. The van der Waals surface area contributed by atoms with Crippen LogP contribution in [0.5, 0.6) is 0 Å². The Morgan fingerprint density at radius 2 is 1.14 bits per heavy atom. The lowest BCUT2D eigenvalue weighted by atomic mass is 10.1. The average molecular weight is 827 g/mol. The number of rotatable bonds is 3. The summed E-state index contributed by atoms with van der Waals surface area (Å²) in [5.74, 6) is -6.50. The van der Waals surface area contributed by atoms with E-state index in [4.69, 9.17) is 20.9 Å². The number of amides is 6. The van der Waals surface area contributed by atoms with Crippen molar-refractivity contribution in [2.24, 2.45) is 23.3 Å². The Morgan fingerprint density at radius 1 is 0.732 bits per heavy atom. The van der Waals surface area contributed by atoms with E-state index in [9.17, 15) is 38.4 Å². The van der Waals surface area contributed by atoms with E-state index in [0.29, 0.717) is 6.42 Å². The first-order valence-electron chi connectivity index (χ1n) is 18.9. The summed E-state index contributed by atoms with van der Waals surface area (Å²) in [6.45, 7) is 9.21. The summed E-state index contributed by atoms with van der Waals surface area (Å²) in [6.07, 6.45) is 1.14. The van der Waals surface area contributed by atoms with Gasteiger partial charge in [-0.1, -0.05) is 27.7 Å². The molecule has 4 aliphatic rings. The fraction of sp³-hybridized carbons (Fsp3) is 0.778. The van der Waals surface area contributed by atoms with Crippen molar-refractivity contribution in [3.8, 4) is 0 Å². The van der Waals surface area contributed by atoms with E-state index in [2.05, 4.69) is 10.6 Å². The molecule has 0 aromatic rings. The Bertz CT molecular complexity index is 1610. The number of likely N-dealkylation sites (N-methyl/N-ethyl adjacent to an activating group) is 4. The summed E-state index contributed by atoms with van der Waals surface area (Å²) in [7, 11) is 5.73. The zero-order valence-corrected chi connectivity index (χ0v) is 35.5. The normalized spacial score (nSPS) is 38.0. The van der Waals surface area contributed by atoms with Crippen molar-refractivity contribution < 1.29 is 47.8 Å². The number of carbonyl (C=O) groups is 8. The molecule has 2 aliphatic heterocycles. The number of hydrogen-bond donors (Lipinski definition) is 4. The van der Waals surface area contributed by atoms with Crippen molar-refractivity contribution in [1.82, 2.24) is 30.2 Å².